The van der Waals surface area contributed by atoms with Crippen LogP contribution in [0.25, 0.3) is 0 Å². The summed E-state index contributed by atoms with van der Waals surface area (Å²) in [5.74, 6) is 1.03. The Balaban J connectivity index is 2.01. The number of carbonyl (C=O) groups is 1. The van der Waals surface area contributed by atoms with Crippen LogP contribution in [-0.4, -0.2) is 69.2 Å². The molecular formula is C20H29N5O3. The number of nitrogens with two attached hydrogens (primary N) is 1. The fourth-order valence-electron chi connectivity index (χ4n) is 3.10. The standard InChI is InChI=1S/C20H29N5O3/c1-15(16-4-5-18(27-2)19(12-16)28-3)23-14-17(13-22)20(26)25-10-8-24(7-6-21)9-11-25/h4-5,12,14-15,23H,6-11,21H2,1-3H3/b17-14-. The van der Waals surface area contributed by atoms with E-state index >= 15 is 0 Å². The van der Waals surface area contributed by atoms with Crippen LogP contribution in [0.1, 0.15) is 18.5 Å². The molecule has 0 saturated carbocycles. The molecule has 1 aromatic rings. The predicted molar refractivity (Wildman–Crippen MR) is 107 cm³/mol. The van der Waals surface area contributed by atoms with Gasteiger partial charge < -0.3 is 25.4 Å². The zero-order chi connectivity index (χ0) is 20.5. The highest BCUT2D eigenvalue weighted by molar-refractivity contribution is 5.97. The van der Waals surface area contributed by atoms with Crippen LogP contribution in [0.5, 0.6) is 11.5 Å². The molecule has 2 rings (SSSR count). The summed E-state index contributed by atoms with van der Waals surface area (Å²) in [5.41, 5.74) is 6.63. The molecule has 0 radical (unpaired) electrons. The first-order valence-electron chi connectivity index (χ1n) is 9.34. The molecule has 1 unspecified atom stereocenters. The minimum atomic E-state index is -0.248. The lowest BCUT2D eigenvalue weighted by molar-refractivity contribution is -0.128. The van der Waals surface area contributed by atoms with E-state index in [4.69, 9.17) is 15.2 Å². The van der Waals surface area contributed by atoms with Crippen molar-refractivity contribution >= 4 is 5.91 Å². The Kier molecular flexibility index (Phi) is 8.11. The van der Waals surface area contributed by atoms with E-state index in [1.807, 2.05) is 31.2 Å². The monoisotopic (exact) mass is 387 g/mol. The van der Waals surface area contributed by atoms with Gasteiger partial charge in [0.1, 0.15) is 11.6 Å². The van der Waals surface area contributed by atoms with Crippen molar-refractivity contribution in [3.05, 3.63) is 35.5 Å². The fourth-order valence-corrected chi connectivity index (χ4v) is 3.10. The normalized spacial score (nSPS) is 16.2. The Morgan fingerprint density at radius 2 is 1.96 bits per heavy atom. The van der Waals surface area contributed by atoms with Gasteiger partial charge in [0.25, 0.3) is 5.91 Å². The molecule has 1 aliphatic rings. The number of nitrogens with one attached hydrogen (secondary N) is 1. The molecule has 0 spiro atoms. The molecule has 0 bridgehead atoms. The summed E-state index contributed by atoms with van der Waals surface area (Å²) in [4.78, 5) is 16.6. The highest BCUT2D eigenvalue weighted by Gasteiger charge is 2.23. The van der Waals surface area contributed by atoms with Crippen molar-refractivity contribution in [1.29, 1.82) is 5.26 Å². The lowest BCUT2D eigenvalue weighted by Gasteiger charge is -2.34. The van der Waals surface area contributed by atoms with Gasteiger partial charge in [-0.05, 0) is 24.6 Å². The van der Waals surface area contributed by atoms with E-state index in [1.165, 1.54) is 6.20 Å². The third kappa shape index (κ3) is 5.38. The van der Waals surface area contributed by atoms with E-state index in [1.54, 1.807) is 19.1 Å². The molecule has 8 nitrogen and oxygen atoms in total. The van der Waals surface area contributed by atoms with Gasteiger partial charge in [-0.1, -0.05) is 6.07 Å². The smallest absolute Gasteiger partial charge is 0.266 e. The lowest BCUT2D eigenvalue weighted by atomic mass is 10.1. The Hall–Kier alpha value is -2.76. The van der Waals surface area contributed by atoms with Crippen LogP contribution >= 0.6 is 0 Å². The van der Waals surface area contributed by atoms with E-state index in [0.717, 1.165) is 25.2 Å². The summed E-state index contributed by atoms with van der Waals surface area (Å²) < 4.78 is 10.6. The summed E-state index contributed by atoms with van der Waals surface area (Å²) in [7, 11) is 3.17. The van der Waals surface area contributed by atoms with Crippen LogP contribution in [0.15, 0.2) is 30.0 Å². The number of piperazine rings is 1. The van der Waals surface area contributed by atoms with Gasteiger partial charge in [0, 0.05) is 51.5 Å². The van der Waals surface area contributed by atoms with Gasteiger partial charge in [0.05, 0.1) is 14.2 Å². The third-order valence-electron chi connectivity index (χ3n) is 4.84. The molecule has 1 aromatic carbocycles. The SMILES string of the molecule is COc1ccc(C(C)N/C=C(/C#N)C(=O)N2CCN(CCN)CC2)cc1OC. The van der Waals surface area contributed by atoms with Crippen molar-refractivity contribution < 1.29 is 14.3 Å². The number of rotatable bonds is 8. The van der Waals surface area contributed by atoms with Crippen molar-refractivity contribution in [2.24, 2.45) is 5.73 Å². The average molecular weight is 387 g/mol. The summed E-state index contributed by atoms with van der Waals surface area (Å²) in [6, 6.07) is 7.51. The van der Waals surface area contributed by atoms with Gasteiger partial charge in [-0.3, -0.25) is 9.69 Å². The predicted octanol–water partition coefficient (Wildman–Crippen LogP) is 0.865. The zero-order valence-corrected chi connectivity index (χ0v) is 16.8. The van der Waals surface area contributed by atoms with Crippen LogP contribution in [0.3, 0.4) is 0 Å². The van der Waals surface area contributed by atoms with Gasteiger partial charge in [0.2, 0.25) is 0 Å². The Morgan fingerprint density at radius 3 is 2.54 bits per heavy atom. The number of nitriles is 1. The van der Waals surface area contributed by atoms with Gasteiger partial charge in [0.15, 0.2) is 11.5 Å². The Labute approximate surface area is 166 Å². The number of amides is 1. The fraction of sp³-hybridized carbons (Fsp3) is 0.500. The molecule has 0 aromatic heterocycles. The molecule has 1 fully saturated rings. The minimum Gasteiger partial charge on any atom is -0.493 e. The largest absolute Gasteiger partial charge is 0.493 e. The summed E-state index contributed by atoms with van der Waals surface area (Å²) in [5, 5.41) is 12.6. The topological polar surface area (TPSA) is 104 Å². The van der Waals surface area contributed by atoms with E-state index in [2.05, 4.69) is 10.2 Å². The second-order valence-electron chi connectivity index (χ2n) is 6.60. The van der Waals surface area contributed by atoms with Gasteiger partial charge in [-0.2, -0.15) is 5.26 Å². The number of nitrogens with zero attached hydrogens (tertiary/aromatic N) is 3. The average Bonchev–Trinajstić information content (AvgIpc) is 2.74. The van der Waals surface area contributed by atoms with Crippen molar-refractivity contribution in [3.8, 4) is 17.6 Å². The lowest BCUT2D eigenvalue weighted by Crippen LogP contribution is -2.50. The second kappa shape index (κ2) is 10.5. The molecule has 1 heterocycles. The highest BCUT2D eigenvalue weighted by Crippen LogP contribution is 2.29. The number of methoxy groups -OCH3 is 2. The molecule has 0 aliphatic carbocycles. The van der Waals surface area contributed by atoms with Crippen LogP contribution < -0.4 is 20.5 Å². The van der Waals surface area contributed by atoms with E-state index in [-0.39, 0.29) is 17.5 Å². The van der Waals surface area contributed by atoms with E-state index < -0.39 is 0 Å². The van der Waals surface area contributed by atoms with Crippen molar-refractivity contribution in [1.82, 2.24) is 15.1 Å². The van der Waals surface area contributed by atoms with Crippen molar-refractivity contribution in [2.75, 3.05) is 53.5 Å². The zero-order valence-electron chi connectivity index (χ0n) is 16.8. The Bertz CT molecular complexity index is 736. The molecular weight excluding hydrogens is 358 g/mol. The number of benzene rings is 1. The van der Waals surface area contributed by atoms with Crippen LogP contribution in [-0.2, 0) is 4.79 Å². The molecule has 8 heteroatoms. The molecule has 28 heavy (non-hydrogen) atoms. The van der Waals surface area contributed by atoms with Gasteiger partial charge in [-0.25, -0.2) is 0 Å². The molecule has 152 valence electrons. The first-order chi connectivity index (χ1) is 13.5. The number of ether oxygens (including phenoxy) is 2. The number of hydrogen-bond donors (Lipinski definition) is 2. The number of carbonyl (C=O) groups excluding carboxylic acids is 1. The molecule has 1 atom stereocenters. The maximum atomic E-state index is 12.6. The third-order valence-corrected chi connectivity index (χ3v) is 4.84. The first kappa shape index (κ1) is 21.5. The summed E-state index contributed by atoms with van der Waals surface area (Å²) in [6.45, 7) is 6.13. The molecule has 3 N–H and O–H groups in total. The molecule has 1 amide bonds. The number of hydrogen-bond acceptors (Lipinski definition) is 7. The quantitative estimate of drug-likeness (QED) is 0.504. The highest BCUT2D eigenvalue weighted by atomic mass is 16.5. The first-order valence-corrected chi connectivity index (χ1v) is 9.34. The van der Waals surface area contributed by atoms with Crippen LogP contribution in [0.2, 0.25) is 0 Å². The second-order valence-corrected chi connectivity index (χ2v) is 6.60. The van der Waals surface area contributed by atoms with Gasteiger partial charge in [-0.15, -0.1) is 0 Å². The van der Waals surface area contributed by atoms with E-state index in [9.17, 15) is 10.1 Å². The van der Waals surface area contributed by atoms with Crippen molar-refractivity contribution in [3.63, 3.8) is 0 Å². The van der Waals surface area contributed by atoms with Crippen molar-refractivity contribution in [2.45, 2.75) is 13.0 Å². The van der Waals surface area contributed by atoms with Gasteiger partial charge >= 0.3 is 0 Å². The maximum Gasteiger partial charge on any atom is 0.266 e. The summed E-state index contributed by atoms with van der Waals surface area (Å²) >= 11 is 0. The van der Waals surface area contributed by atoms with Crippen LogP contribution in [0.4, 0.5) is 0 Å². The maximum absolute atomic E-state index is 12.6. The van der Waals surface area contributed by atoms with E-state index in [0.29, 0.717) is 31.1 Å². The van der Waals surface area contributed by atoms with Crippen LogP contribution in [0, 0.1) is 11.3 Å². The molecule has 1 saturated heterocycles. The minimum absolute atomic E-state index is 0.0969. The Morgan fingerprint density at radius 1 is 1.29 bits per heavy atom. The molecule has 1 aliphatic heterocycles. The summed E-state index contributed by atoms with van der Waals surface area (Å²) in [6.07, 6.45) is 1.50.